The van der Waals surface area contributed by atoms with Gasteiger partial charge in [0.2, 0.25) is 5.91 Å². The first-order chi connectivity index (χ1) is 8.75. The van der Waals surface area contributed by atoms with E-state index in [0.29, 0.717) is 5.56 Å². The summed E-state index contributed by atoms with van der Waals surface area (Å²) in [6.45, 7) is 5.41. The minimum absolute atomic E-state index is 0.104. The van der Waals surface area contributed by atoms with Gasteiger partial charge in [-0.25, -0.2) is 0 Å². The maximum atomic E-state index is 12.2. The number of carbonyl (C=O) groups excluding carboxylic acids is 2. The summed E-state index contributed by atoms with van der Waals surface area (Å²) in [5.74, 6) is -0.640. The van der Waals surface area contributed by atoms with Crippen LogP contribution in [0.3, 0.4) is 0 Å². The van der Waals surface area contributed by atoms with Crippen LogP contribution >= 0.6 is 0 Å². The van der Waals surface area contributed by atoms with Crippen molar-refractivity contribution < 1.29 is 9.59 Å². The highest BCUT2D eigenvalue weighted by Crippen LogP contribution is 2.16. The molecule has 19 heavy (non-hydrogen) atoms. The number of benzene rings is 1. The van der Waals surface area contributed by atoms with Gasteiger partial charge in [-0.05, 0) is 44.5 Å². The maximum Gasteiger partial charge on any atom is 0.251 e. The fourth-order valence-electron chi connectivity index (χ4n) is 1.93. The van der Waals surface area contributed by atoms with E-state index in [1.165, 1.54) is 0 Å². The zero-order valence-electron chi connectivity index (χ0n) is 11.8. The van der Waals surface area contributed by atoms with Crippen molar-refractivity contribution in [1.29, 1.82) is 0 Å². The molecule has 1 aromatic rings. The van der Waals surface area contributed by atoms with Gasteiger partial charge in [0.1, 0.15) is 0 Å². The number of hydrogen-bond donors (Lipinski definition) is 3. The van der Waals surface area contributed by atoms with E-state index in [-0.39, 0.29) is 12.3 Å². The van der Waals surface area contributed by atoms with Crippen molar-refractivity contribution >= 4 is 17.5 Å². The molecule has 104 valence electrons. The molecule has 0 heterocycles. The molecule has 0 aliphatic carbocycles. The molecule has 0 saturated carbocycles. The predicted molar refractivity (Wildman–Crippen MR) is 76.1 cm³/mol. The Labute approximate surface area is 113 Å². The van der Waals surface area contributed by atoms with Gasteiger partial charge in [0, 0.05) is 30.3 Å². The molecule has 5 nitrogen and oxygen atoms in total. The van der Waals surface area contributed by atoms with E-state index in [9.17, 15) is 9.59 Å². The Kier molecular flexibility index (Phi) is 4.53. The second-order valence-electron chi connectivity index (χ2n) is 5.26. The van der Waals surface area contributed by atoms with Crippen LogP contribution < -0.4 is 16.4 Å². The van der Waals surface area contributed by atoms with Crippen LogP contribution in [0.5, 0.6) is 0 Å². The average Bonchev–Trinajstić information content (AvgIpc) is 2.25. The Bertz CT molecular complexity index is 495. The van der Waals surface area contributed by atoms with Crippen molar-refractivity contribution in [2.24, 2.45) is 5.73 Å². The lowest BCUT2D eigenvalue weighted by Gasteiger charge is -2.25. The molecule has 0 bridgehead atoms. The fourth-order valence-corrected chi connectivity index (χ4v) is 1.93. The smallest absolute Gasteiger partial charge is 0.251 e. The van der Waals surface area contributed by atoms with Crippen molar-refractivity contribution in [3.63, 3.8) is 0 Å². The third kappa shape index (κ3) is 4.28. The van der Waals surface area contributed by atoms with Crippen molar-refractivity contribution in [2.45, 2.75) is 32.7 Å². The third-order valence-corrected chi connectivity index (χ3v) is 2.83. The second kappa shape index (κ2) is 5.73. The molecule has 4 N–H and O–H groups in total. The van der Waals surface area contributed by atoms with Crippen LogP contribution in [-0.2, 0) is 4.79 Å². The monoisotopic (exact) mass is 263 g/mol. The third-order valence-electron chi connectivity index (χ3n) is 2.83. The summed E-state index contributed by atoms with van der Waals surface area (Å²) in [5, 5.41) is 5.84. The Morgan fingerprint density at radius 1 is 1.32 bits per heavy atom. The minimum atomic E-state index is -0.656. The SMILES string of the molecule is CNc1ccc(C(=O)NC(C)(C)CC(N)=O)c(C)c1. The molecule has 5 heteroatoms. The summed E-state index contributed by atoms with van der Waals surface area (Å²) in [4.78, 5) is 23.1. The molecule has 0 atom stereocenters. The Morgan fingerprint density at radius 3 is 2.42 bits per heavy atom. The highest BCUT2D eigenvalue weighted by atomic mass is 16.2. The second-order valence-corrected chi connectivity index (χ2v) is 5.26. The lowest BCUT2D eigenvalue weighted by molar-refractivity contribution is -0.119. The zero-order valence-corrected chi connectivity index (χ0v) is 11.8. The zero-order chi connectivity index (χ0) is 14.6. The van der Waals surface area contributed by atoms with Crippen LogP contribution in [0.1, 0.15) is 36.2 Å². The van der Waals surface area contributed by atoms with Gasteiger partial charge in [0.15, 0.2) is 0 Å². The van der Waals surface area contributed by atoms with Crippen LogP contribution in [0, 0.1) is 6.92 Å². The topological polar surface area (TPSA) is 84.2 Å². The molecule has 0 fully saturated rings. The first-order valence-corrected chi connectivity index (χ1v) is 6.14. The number of hydrogen-bond acceptors (Lipinski definition) is 3. The molecule has 2 amide bonds. The van der Waals surface area contributed by atoms with Gasteiger partial charge in [-0.1, -0.05) is 0 Å². The van der Waals surface area contributed by atoms with Crippen LogP contribution in [0.4, 0.5) is 5.69 Å². The molecule has 0 spiro atoms. The summed E-state index contributed by atoms with van der Waals surface area (Å²) < 4.78 is 0. The molecule has 0 aromatic heterocycles. The minimum Gasteiger partial charge on any atom is -0.388 e. The molecule has 1 aromatic carbocycles. The Hall–Kier alpha value is -2.04. The molecular weight excluding hydrogens is 242 g/mol. The standard InChI is InChI=1S/C14H21N3O2/c1-9-7-10(16-4)5-6-11(9)13(19)17-14(2,3)8-12(15)18/h5-7,16H,8H2,1-4H3,(H2,15,18)(H,17,19). The number of amides is 2. The number of primary amides is 1. The quantitative estimate of drug-likeness (QED) is 0.751. The van der Waals surface area contributed by atoms with E-state index < -0.39 is 11.4 Å². The Balaban J connectivity index is 2.86. The lowest BCUT2D eigenvalue weighted by atomic mass is 9.98. The van der Waals surface area contributed by atoms with Gasteiger partial charge in [-0.15, -0.1) is 0 Å². The van der Waals surface area contributed by atoms with Gasteiger partial charge >= 0.3 is 0 Å². The van der Waals surface area contributed by atoms with E-state index in [1.54, 1.807) is 19.9 Å². The van der Waals surface area contributed by atoms with Crippen molar-refractivity contribution in [2.75, 3.05) is 12.4 Å². The Morgan fingerprint density at radius 2 is 1.95 bits per heavy atom. The van der Waals surface area contributed by atoms with E-state index in [2.05, 4.69) is 10.6 Å². The maximum absolute atomic E-state index is 12.2. The highest BCUT2D eigenvalue weighted by Gasteiger charge is 2.24. The number of carbonyl (C=O) groups is 2. The van der Waals surface area contributed by atoms with Crippen LogP contribution in [-0.4, -0.2) is 24.4 Å². The fraction of sp³-hybridized carbons (Fsp3) is 0.429. The van der Waals surface area contributed by atoms with Gasteiger partial charge < -0.3 is 16.4 Å². The van der Waals surface area contributed by atoms with Crippen LogP contribution in [0.15, 0.2) is 18.2 Å². The lowest BCUT2D eigenvalue weighted by Crippen LogP contribution is -2.46. The average molecular weight is 263 g/mol. The molecule has 0 radical (unpaired) electrons. The molecule has 0 aliphatic heterocycles. The number of rotatable bonds is 5. The summed E-state index contributed by atoms with van der Waals surface area (Å²) in [7, 11) is 1.82. The first kappa shape index (κ1) is 15.0. The number of nitrogens with two attached hydrogens (primary N) is 1. The van der Waals surface area contributed by atoms with Gasteiger partial charge in [0.25, 0.3) is 5.91 Å². The number of anilines is 1. The summed E-state index contributed by atoms with van der Waals surface area (Å²) >= 11 is 0. The molecule has 1 rings (SSSR count). The van der Waals surface area contributed by atoms with Crippen molar-refractivity contribution in [3.8, 4) is 0 Å². The first-order valence-electron chi connectivity index (χ1n) is 6.14. The summed E-state index contributed by atoms with van der Waals surface area (Å²) in [6.07, 6.45) is 0.104. The normalized spacial score (nSPS) is 10.9. The predicted octanol–water partition coefficient (Wildman–Crippen LogP) is 1.42. The number of nitrogens with one attached hydrogen (secondary N) is 2. The highest BCUT2D eigenvalue weighted by molar-refractivity contribution is 5.96. The van der Waals surface area contributed by atoms with Crippen LogP contribution in [0.2, 0.25) is 0 Å². The molecule has 0 unspecified atom stereocenters. The van der Waals surface area contributed by atoms with E-state index >= 15 is 0 Å². The molecule has 0 aliphatic rings. The summed E-state index contributed by atoms with van der Waals surface area (Å²) in [6, 6.07) is 5.50. The van der Waals surface area contributed by atoms with Gasteiger partial charge in [0.05, 0.1) is 0 Å². The number of aryl methyl sites for hydroxylation is 1. The van der Waals surface area contributed by atoms with Crippen molar-refractivity contribution in [3.05, 3.63) is 29.3 Å². The summed E-state index contributed by atoms with van der Waals surface area (Å²) in [5.41, 5.74) is 6.92. The molecule has 0 saturated heterocycles. The van der Waals surface area contributed by atoms with Crippen LogP contribution in [0.25, 0.3) is 0 Å². The van der Waals surface area contributed by atoms with Crippen molar-refractivity contribution in [1.82, 2.24) is 5.32 Å². The molecular formula is C14H21N3O2. The van der Waals surface area contributed by atoms with E-state index in [4.69, 9.17) is 5.73 Å². The van der Waals surface area contributed by atoms with E-state index in [0.717, 1.165) is 11.3 Å². The van der Waals surface area contributed by atoms with Gasteiger partial charge in [-0.2, -0.15) is 0 Å². The van der Waals surface area contributed by atoms with Gasteiger partial charge in [-0.3, -0.25) is 9.59 Å². The largest absolute Gasteiger partial charge is 0.388 e. The van der Waals surface area contributed by atoms with E-state index in [1.807, 2.05) is 26.1 Å².